The summed E-state index contributed by atoms with van der Waals surface area (Å²) in [4.78, 5) is 29.3. The first kappa shape index (κ1) is 18.9. The van der Waals surface area contributed by atoms with Crippen molar-refractivity contribution in [1.29, 1.82) is 0 Å². The normalized spacial score (nSPS) is 17.8. The number of esters is 1. The summed E-state index contributed by atoms with van der Waals surface area (Å²) in [5.74, 6) is 0.186. The first-order valence-electron chi connectivity index (χ1n) is 9.48. The summed E-state index contributed by atoms with van der Waals surface area (Å²) in [5.41, 5.74) is 2.44. The molecule has 3 aromatic rings. The molecule has 0 spiro atoms. The minimum Gasteiger partial charge on any atom is -0.458 e. The number of nitrogens with zero attached hydrogens (tertiary/aromatic N) is 1. The van der Waals surface area contributed by atoms with Crippen molar-refractivity contribution in [1.82, 2.24) is 10.3 Å². The van der Waals surface area contributed by atoms with Gasteiger partial charge in [0.2, 0.25) is 5.89 Å². The number of rotatable bonds is 4. The Morgan fingerprint density at radius 2 is 1.86 bits per heavy atom. The highest BCUT2D eigenvalue weighted by Gasteiger charge is 2.41. The van der Waals surface area contributed by atoms with Crippen LogP contribution in [0.4, 0.5) is 0 Å². The molecule has 1 saturated heterocycles. The number of carbonyl (C=O) groups excluding carboxylic acids is 2. The number of ether oxygens (including phenoxy) is 1. The summed E-state index contributed by atoms with van der Waals surface area (Å²) in [7, 11) is 0. The fraction of sp³-hybridized carbons (Fsp3) is 0.261. The Labute approximate surface area is 168 Å². The molecular formula is C23H22N2O4. The van der Waals surface area contributed by atoms with Crippen molar-refractivity contribution in [3.8, 4) is 22.8 Å². The molecule has 0 aliphatic carbocycles. The Morgan fingerprint density at radius 3 is 2.55 bits per heavy atom. The van der Waals surface area contributed by atoms with Crippen LogP contribution in [0.2, 0.25) is 0 Å². The van der Waals surface area contributed by atoms with E-state index in [0.29, 0.717) is 29.2 Å². The number of nitrogens with one attached hydrogen (secondary N) is 1. The van der Waals surface area contributed by atoms with Gasteiger partial charge < -0.3 is 14.5 Å². The van der Waals surface area contributed by atoms with Gasteiger partial charge in [0.05, 0.1) is 11.8 Å². The Hall–Kier alpha value is -3.41. The van der Waals surface area contributed by atoms with E-state index in [2.05, 4.69) is 10.3 Å². The van der Waals surface area contributed by atoms with Gasteiger partial charge in [-0.05, 0) is 32.9 Å². The molecule has 0 unspecified atom stereocenters. The third-order valence-corrected chi connectivity index (χ3v) is 4.91. The van der Waals surface area contributed by atoms with E-state index in [4.69, 9.17) is 9.15 Å². The highest BCUT2D eigenvalue weighted by molar-refractivity contribution is 6.02. The Bertz CT molecular complexity index is 1070. The van der Waals surface area contributed by atoms with Crippen LogP contribution in [0.15, 0.2) is 59.1 Å². The lowest BCUT2D eigenvalue weighted by molar-refractivity contribution is -0.147. The zero-order chi connectivity index (χ0) is 20.6. The van der Waals surface area contributed by atoms with Crippen molar-refractivity contribution >= 4 is 11.9 Å². The second kappa shape index (κ2) is 7.20. The van der Waals surface area contributed by atoms with Gasteiger partial charge in [-0.25, -0.2) is 9.78 Å². The zero-order valence-corrected chi connectivity index (χ0v) is 16.6. The maximum Gasteiger partial charge on any atom is 0.329 e. The summed E-state index contributed by atoms with van der Waals surface area (Å²) in [5, 5.41) is 2.77. The molecule has 2 aromatic carbocycles. The largest absolute Gasteiger partial charge is 0.458 e. The second-order valence-corrected chi connectivity index (χ2v) is 7.85. The molecule has 29 heavy (non-hydrogen) atoms. The van der Waals surface area contributed by atoms with Gasteiger partial charge in [0.25, 0.3) is 5.91 Å². The number of cyclic esters (lactones) is 1. The molecule has 4 rings (SSSR count). The molecule has 0 bridgehead atoms. The lowest BCUT2D eigenvalue weighted by atomic mass is 10.0. The fourth-order valence-electron chi connectivity index (χ4n) is 3.42. The van der Waals surface area contributed by atoms with E-state index in [0.717, 1.165) is 11.1 Å². The average molecular weight is 390 g/mol. The number of oxazole rings is 1. The quantitative estimate of drug-likeness (QED) is 0.677. The third-order valence-electron chi connectivity index (χ3n) is 4.91. The van der Waals surface area contributed by atoms with E-state index in [1.807, 2.05) is 51.1 Å². The molecule has 1 aliphatic heterocycles. The summed E-state index contributed by atoms with van der Waals surface area (Å²) >= 11 is 0. The lowest BCUT2D eigenvalue weighted by Gasteiger charge is -2.14. The lowest BCUT2D eigenvalue weighted by Crippen LogP contribution is -2.38. The summed E-state index contributed by atoms with van der Waals surface area (Å²) in [6, 6.07) is 14.3. The van der Waals surface area contributed by atoms with Gasteiger partial charge in [-0.3, -0.25) is 4.79 Å². The highest BCUT2D eigenvalue weighted by Crippen LogP contribution is 2.29. The molecule has 0 saturated carbocycles. The monoisotopic (exact) mass is 390 g/mol. The number of hydrogen-bond donors (Lipinski definition) is 1. The second-order valence-electron chi connectivity index (χ2n) is 7.85. The van der Waals surface area contributed by atoms with Gasteiger partial charge in [-0.2, -0.15) is 0 Å². The predicted octanol–water partition coefficient (Wildman–Crippen LogP) is 4.14. The van der Waals surface area contributed by atoms with Crippen LogP contribution < -0.4 is 5.32 Å². The number of aromatic nitrogens is 1. The molecule has 148 valence electrons. The van der Waals surface area contributed by atoms with Crippen molar-refractivity contribution < 1.29 is 18.7 Å². The molecule has 0 radical (unpaired) electrons. The van der Waals surface area contributed by atoms with Crippen LogP contribution >= 0.6 is 0 Å². The zero-order valence-electron chi connectivity index (χ0n) is 16.6. The molecular weight excluding hydrogens is 368 g/mol. The minimum absolute atomic E-state index is 0.348. The van der Waals surface area contributed by atoms with Crippen molar-refractivity contribution in [3.63, 3.8) is 0 Å². The van der Waals surface area contributed by atoms with Gasteiger partial charge in [0.15, 0.2) is 5.76 Å². The summed E-state index contributed by atoms with van der Waals surface area (Å²) in [6.45, 7) is 5.67. The van der Waals surface area contributed by atoms with Gasteiger partial charge >= 0.3 is 5.97 Å². The minimum atomic E-state index is -0.668. The predicted molar refractivity (Wildman–Crippen MR) is 108 cm³/mol. The molecule has 6 nitrogen and oxygen atoms in total. The van der Waals surface area contributed by atoms with Crippen LogP contribution in [0, 0.1) is 6.92 Å². The number of amides is 1. The van der Waals surface area contributed by atoms with Crippen LogP contribution in [0.1, 0.15) is 36.2 Å². The van der Waals surface area contributed by atoms with E-state index in [-0.39, 0.29) is 5.91 Å². The fourth-order valence-corrected chi connectivity index (χ4v) is 3.42. The average Bonchev–Trinajstić information content (AvgIpc) is 3.26. The van der Waals surface area contributed by atoms with Crippen LogP contribution in [0.25, 0.3) is 22.8 Å². The van der Waals surface area contributed by atoms with Crippen molar-refractivity contribution in [3.05, 3.63) is 65.9 Å². The van der Waals surface area contributed by atoms with Crippen LogP contribution in [0.5, 0.6) is 0 Å². The van der Waals surface area contributed by atoms with E-state index in [1.165, 1.54) is 0 Å². The molecule has 1 N–H and O–H groups in total. The molecule has 1 amide bonds. The number of benzene rings is 2. The molecule has 1 aliphatic rings. The van der Waals surface area contributed by atoms with Gasteiger partial charge in [-0.1, -0.05) is 42.0 Å². The molecule has 1 fully saturated rings. The number of aryl methyl sites for hydroxylation is 1. The first-order chi connectivity index (χ1) is 13.8. The first-order valence-corrected chi connectivity index (χ1v) is 9.48. The Kier molecular flexibility index (Phi) is 4.70. The maximum atomic E-state index is 12.9. The highest BCUT2D eigenvalue weighted by atomic mass is 16.6. The van der Waals surface area contributed by atoms with Crippen molar-refractivity contribution in [2.75, 3.05) is 0 Å². The van der Waals surface area contributed by atoms with Crippen LogP contribution in [0.3, 0.4) is 0 Å². The van der Waals surface area contributed by atoms with Crippen LogP contribution in [-0.2, 0) is 9.53 Å². The Balaban J connectivity index is 1.60. The molecule has 1 atom stereocenters. The van der Waals surface area contributed by atoms with E-state index in [9.17, 15) is 9.59 Å². The third kappa shape index (κ3) is 3.92. The molecule has 1 aromatic heterocycles. The number of carbonyl (C=O) groups is 2. The van der Waals surface area contributed by atoms with E-state index >= 15 is 0 Å². The van der Waals surface area contributed by atoms with Crippen LogP contribution in [-0.4, -0.2) is 28.5 Å². The summed E-state index contributed by atoms with van der Waals surface area (Å²) in [6.07, 6.45) is 2.07. The van der Waals surface area contributed by atoms with Crippen molar-refractivity contribution in [2.24, 2.45) is 0 Å². The van der Waals surface area contributed by atoms with E-state index in [1.54, 1.807) is 24.4 Å². The summed E-state index contributed by atoms with van der Waals surface area (Å²) < 4.78 is 11.2. The smallest absolute Gasteiger partial charge is 0.329 e. The molecule has 6 heteroatoms. The van der Waals surface area contributed by atoms with Crippen molar-refractivity contribution in [2.45, 2.75) is 38.8 Å². The maximum absolute atomic E-state index is 12.9. The Morgan fingerprint density at radius 1 is 1.14 bits per heavy atom. The topological polar surface area (TPSA) is 81.4 Å². The SMILES string of the molecule is Cc1ccc(-c2cnc(-c3ccccc3C(=O)N[C@@H]3CC(C)(C)OC3=O)o2)cc1. The van der Waals surface area contributed by atoms with E-state index < -0.39 is 17.6 Å². The van der Waals surface area contributed by atoms with Gasteiger partial charge in [0, 0.05) is 17.5 Å². The number of hydrogen-bond acceptors (Lipinski definition) is 5. The van der Waals surface area contributed by atoms with Gasteiger partial charge in [0.1, 0.15) is 11.6 Å². The van der Waals surface area contributed by atoms with Gasteiger partial charge in [-0.15, -0.1) is 0 Å². The molecule has 2 heterocycles. The standard InChI is InChI=1S/C23H22N2O4/c1-14-8-10-15(11-9-14)19-13-24-21(28-19)17-7-5-4-6-16(17)20(26)25-18-12-23(2,3)29-22(18)27/h4-11,13,18H,12H2,1-3H3,(H,25,26)/t18-/m1/s1.